The van der Waals surface area contributed by atoms with Gasteiger partial charge in [-0.05, 0) is 27.2 Å². The fourth-order valence-corrected chi connectivity index (χ4v) is 1.07. The molecule has 0 bridgehead atoms. The van der Waals surface area contributed by atoms with E-state index in [1.54, 1.807) is 0 Å². The van der Waals surface area contributed by atoms with Crippen LogP contribution in [0.1, 0.15) is 40.5 Å². The van der Waals surface area contributed by atoms with Crippen LogP contribution in [-0.2, 0) is 4.79 Å². The Kier molecular flexibility index (Phi) is 7.33. The van der Waals surface area contributed by atoms with Gasteiger partial charge in [0.2, 0.25) is 5.91 Å². The van der Waals surface area contributed by atoms with Crippen LogP contribution in [0.4, 0.5) is 0 Å². The molecule has 0 aliphatic carbocycles. The molecule has 1 unspecified atom stereocenters. The Balaban J connectivity index is 3.77. The number of guanidine groups is 1. The van der Waals surface area contributed by atoms with Crippen LogP contribution < -0.4 is 16.4 Å². The molecule has 0 rings (SSSR count). The Morgan fingerprint density at radius 1 is 1.31 bits per heavy atom. The van der Waals surface area contributed by atoms with E-state index >= 15 is 0 Å². The standard InChI is InChI=1S/C11H24N4O/c1-5-9(4)15-11(12)13-7-6-10(16)14-8(2)3/h8-9H,5-7H2,1-4H3,(H,14,16)(H3,12,13,15). The molecule has 0 aliphatic heterocycles. The van der Waals surface area contributed by atoms with Crippen molar-refractivity contribution in [3.8, 4) is 0 Å². The van der Waals surface area contributed by atoms with Gasteiger partial charge in [0.25, 0.3) is 0 Å². The molecule has 1 atom stereocenters. The number of nitrogens with one attached hydrogen (secondary N) is 2. The second kappa shape index (κ2) is 7.96. The number of nitrogens with zero attached hydrogens (tertiary/aromatic N) is 1. The molecule has 0 aliphatic rings. The van der Waals surface area contributed by atoms with E-state index in [-0.39, 0.29) is 11.9 Å². The largest absolute Gasteiger partial charge is 0.370 e. The van der Waals surface area contributed by atoms with Crippen LogP contribution in [0.25, 0.3) is 0 Å². The molecule has 0 aromatic heterocycles. The second-order valence-electron chi connectivity index (χ2n) is 4.19. The average Bonchev–Trinajstić information content (AvgIpc) is 2.16. The highest BCUT2D eigenvalue weighted by Crippen LogP contribution is 1.88. The molecule has 0 spiro atoms. The minimum Gasteiger partial charge on any atom is -0.370 e. The SMILES string of the molecule is CCC(C)NC(N)=NCCC(=O)NC(C)C. The van der Waals surface area contributed by atoms with E-state index < -0.39 is 0 Å². The molecule has 5 heteroatoms. The monoisotopic (exact) mass is 228 g/mol. The van der Waals surface area contributed by atoms with Gasteiger partial charge < -0.3 is 16.4 Å². The number of hydrogen-bond donors (Lipinski definition) is 3. The van der Waals surface area contributed by atoms with Gasteiger partial charge in [-0.25, -0.2) is 0 Å². The molecule has 0 saturated carbocycles. The van der Waals surface area contributed by atoms with Crippen molar-refractivity contribution in [3.05, 3.63) is 0 Å². The van der Waals surface area contributed by atoms with Gasteiger partial charge in [0, 0.05) is 18.5 Å². The van der Waals surface area contributed by atoms with Crippen molar-refractivity contribution < 1.29 is 4.79 Å². The van der Waals surface area contributed by atoms with Gasteiger partial charge in [-0.2, -0.15) is 0 Å². The summed E-state index contributed by atoms with van der Waals surface area (Å²) in [7, 11) is 0. The normalized spacial score (nSPS) is 13.7. The highest BCUT2D eigenvalue weighted by atomic mass is 16.1. The quantitative estimate of drug-likeness (QED) is 0.460. The highest BCUT2D eigenvalue weighted by Gasteiger charge is 2.02. The minimum atomic E-state index is 0.00934. The summed E-state index contributed by atoms with van der Waals surface area (Å²) in [5.74, 6) is 0.418. The van der Waals surface area contributed by atoms with E-state index in [9.17, 15) is 4.79 Å². The van der Waals surface area contributed by atoms with E-state index in [2.05, 4.69) is 22.5 Å². The first-order valence-electron chi connectivity index (χ1n) is 5.81. The highest BCUT2D eigenvalue weighted by molar-refractivity contribution is 5.79. The van der Waals surface area contributed by atoms with Crippen LogP contribution in [0.2, 0.25) is 0 Å². The predicted molar refractivity (Wildman–Crippen MR) is 67.3 cm³/mol. The van der Waals surface area contributed by atoms with Crippen molar-refractivity contribution in [2.45, 2.75) is 52.6 Å². The predicted octanol–water partition coefficient (Wildman–Crippen LogP) is 0.604. The van der Waals surface area contributed by atoms with Crippen LogP contribution in [0.5, 0.6) is 0 Å². The fraction of sp³-hybridized carbons (Fsp3) is 0.818. The van der Waals surface area contributed by atoms with Crippen LogP contribution in [0.15, 0.2) is 4.99 Å². The second-order valence-corrected chi connectivity index (χ2v) is 4.19. The Morgan fingerprint density at radius 3 is 2.44 bits per heavy atom. The summed E-state index contributed by atoms with van der Waals surface area (Å²) >= 11 is 0. The molecule has 16 heavy (non-hydrogen) atoms. The first-order valence-corrected chi connectivity index (χ1v) is 5.81. The van der Waals surface area contributed by atoms with E-state index in [0.717, 1.165) is 6.42 Å². The summed E-state index contributed by atoms with van der Waals surface area (Å²) in [4.78, 5) is 15.4. The zero-order valence-corrected chi connectivity index (χ0v) is 10.7. The lowest BCUT2D eigenvalue weighted by molar-refractivity contribution is -0.121. The number of carbonyl (C=O) groups excluding carboxylic acids is 1. The maximum atomic E-state index is 11.3. The van der Waals surface area contributed by atoms with E-state index in [1.807, 2.05) is 20.8 Å². The molecule has 0 heterocycles. The van der Waals surface area contributed by atoms with E-state index in [4.69, 9.17) is 5.73 Å². The first kappa shape index (κ1) is 14.7. The number of rotatable bonds is 6. The van der Waals surface area contributed by atoms with Crippen molar-refractivity contribution in [2.24, 2.45) is 10.7 Å². The Hall–Kier alpha value is -1.26. The van der Waals surface area contributed by atoms with Crippen LogP contribution >= 0.6 is 0 Å². The van der Waals surface area contributed by atoms with Gasteiger partial charge in [0.05, 0.1) is 6.54 Å². The van der Waals surface area contributed by atoms with Crippen LogP contribution in [-0.4, -0.2) is 30.5 Å². The molecule has 94 valence electrons. The van der Waals surface area contributed by atoms with Gasteiger partial charge in [0.1, 0.15) is 0 Å². The molecule has 5 nitrogen and oxygen atoms in total. The maximum Gasteiger partial charge on any atom is 0.222 e. The number of carbonyl (C=O) groups is 1. The number of aliphatic imine (C=N–C) groups is 1. The topological polar surface area (TPSA) is 79.5 Å². The zero-order chi connectivity index (χ0) is 12.6. The first-order chi connectivity index (χ1) is 7.45. The van der Waals surface area contributed by atoms with E-state index in [1.165, 1.54) is 0 Å². The third-order valence-corrected chi connectivity index (χ3v) is 2.08. The summed E-state index contributed by atoms with van der Waals surface area (Å²) < 4.78 is 0. The summed E-state index contributed by atoms with van der Waals surface area (Å²) in [5, 5.41) is 5.84. The average molecular weight is 228 g/mol. The summed E-state index contributed by atoms with van der Waals surface area (Å²) in [5.41, 5.74) is 5.64. The molecule has 0 aromatic rings. The molecular formula is C11H24N4O. The van der Waals surface area contributed by atoms with Crippen molar-refractivity contribution in [1.82, 2.24) is 10.6 Å². The van der Waals surface area contributed by atoms with Gasteiger partial charge in [-0.3, -0.25) is 9.79 Å². The Morgan fingerprint density at radius 2 is 1.94 bits per heavy atom. The lowest BCUT2D eigenvalue weighted by atomic mass is 10.3. The summed E-state index contributed by atoms with van der Waals surface area (Å²) in [6.07, 6.45) is 1.37. The Bertz CT molecular complexity index is 238. The molecule has 4 N–H and O–H groups in total. The van der Waals surface area contributed by atoms with Crippen molar-refractivity contribution in [2.75, 3.05) is 6.54 Å². The minimum absolute atomic E-state index is 0.00934. The van der Waals surface area contributed by atoms with Gasteiger partial charge in [-0.15, -0.1) is 0 Å². The zero-order valence-electron chi connectivity index (χ0n) is 10.7. The van der Waals surface area contributed by atoms with Crippen LogP contribution in [0, 0.1) is 0 Å². The summed E-state index contributed by atoms with van der Waals surface area (Å²) in [6.45, 7) is 8.39. The molecule has 1 amide bonds. The molecule has 0 aromatic carbocycles. The molecular weight excluding hydrogens is 204 g/mol. The van der Waals surface area contributed by atoms with Gasteiger partial charge in [-0.1, -0.05) is 6.92 Å². The van der Waals surface area contributed by atoms with Crippen molar-refractivity contribution >= 4 is 11.9 Å². The molecule has 0 fully saturated rings. The number of nitrogens with two attached hydrogens (primary N) is 1. The number of amides is 1. The third kappa shape index (κ3) is 8.08. The van der Waals surface area contributed by atoms with Crippen LogP contribution in [0.3, 0.4) is 0 Å². The third-order valence-electron chi connectivity index (χ3n) is 2.08. The fourth-order valence-electron chi connectivity index (χ4n) is 1.07. The van der Waals surface area contributed by atoms with Gasteiger partial charge in [0.15, 0.2) is 5.96 Å². The molecule has 0 radical (unpaired) electrons. The lowest BCUT2D eigenvalue weighted by Crippen LogP contribution is -2.38. The van der Waals surface area contributed by atoms with E-state index in [0.29, 0.717) is 25.0 Å². The van der Waals surface area contributed by atoms with Gasteiger partial charge >= 0.3 is 0 Å². The van der Waals surface area contributed by atoms with Crippen molar-refractivity contribution in [3.63, 3.8) is 0 Å². The maximum absolute atomic E-state index is 11.3. The van der Waals surface area contributed by atoms with Crippen molar-refractivity contribution in [1.29, 1.82) is 0 Å². The summed E-state index contributed by atoms with van der Waals surface area (Å²) in [6, 6.07) is 0.486. The smallest absolute Gasteiger partial charge is 0.222 e. The molecule has 0 saturated heterocycles. The Labute approximate surface area is 97.9 Å². The number of hydrogen-bond acceptors (Lipinski definition) is 2. The lowest BCUT2D eigenvalue weighted by Gasteiger charge is -2.11.